The number of ether oxygens (including phenoxy) is 2. The molecule has 6 nitrogen and oxygen atoms in total. The summed E-state index contributed by atoms with van der Waals surface area (Å²) in [6.07, 6.45) is 4.44. The van der Waals surface area contributed by atoms with Crippen LogP contribution in [0.2, 0.25) is 5.02 Å². The normalized spacial score (nSPS) is 11.0. The van der Waals surface area contributed by atoms with Gasteiger partial charge in [-0.05, 0) is 35.3 Å². The summed E-state index contributed by atoms with van der Waals surface area (Å²) in [5.74, 6) is 2.07. The van der Waals surface area contributed by atoms with Gasteiger partial charge in [-0.2, -0.15) is 4.98 Å². The molecule has 2 rings (SSSR count). The van der Waals surface area contributed by atoms with Gasteiger partial charge in [0.1, 0.15) is 0 Å². The Morgan fingerprint density at radius 1 is 1.30 bits per heavy atom. The quantitative estimate of drug-likeness (QED) is 0.766. The van der Waals surface area contributed by atoms with E-state index in [4.69, 9.17) is 25.6 Å². The fourth-order valence-electron chi connectivity index (χ4n) is 1.82. The summed E-state index contributed by atoms with van der Waals surface area (Å²) in [5, 5.41) is 4.34. The third-order valence-corrected chi connectivity index (χ3v) is 3.23. The molecule has 0 aliphatic carbocycles. The maximum atomic E-state index is 6.28. The Bertz CT molecular complexity index is 683. The van der Waals surface area contributed by atoms with E-state index < -0.39 is 0 Å². The van der Waals surface area contributed by atoms with Crippen molar-refractivity contribution in [3.63, 3.8) is 0 Å². The molecule has 1 aromatic heterocycles. The molecule has 7 heteroatoms. The van der Waals surface area contributed by atoms with E-state index in [1.165, 1.54) is 0 Å². The largest absolute Gasteiger partial charge is 0.493 e. The minimum atomic E-state index is 0.412. The van der Waals surface area contributed by atoms with Crippen molar-refractivity contribution in [1.82, 2.24) is 10.1 Å². The molecule has 0 saturated heterocycles. The smallest absolute Gasteiger partial charge is 0.265 e. The van der Waals surface area contributed by atoms with Crippen LogP contribution < -0.4 is 14.4 Å². The molecule has 0 atom stereocenters. The first-order valence-corrected chi connectivity index (χ1v) is 7.62. The second-order valence-electron chi connectivity index (χ2n) is 5.04. The molecule has 0 aliphatic heterocycles. The van der Waals surface area contributed by atoms with Gasteiger partial charge in [-0.15, -0.1) is 0 Å². The second-order valence-corrected chi connectivity index (χ2v) is 5.45. The van der Waals surface area contributed by atoms with Crippen molar-refractivity contribution in [3.05, 3.63) is 28.6 Å². The average molecular weight is 338 g/mol. The summed E-state index contributed by atoms with van der Waals surface area (Å²) in [7, 11) is 5.27. The summed E-state index contributed by atoms with van der Waals surface area (Å²) in [6, 6.07) is 3.64. The molecule has 0 radical (unpaired) electrons. The molecule has 0 bridgehead atoms. The molecule has 23 heavy (non-hydrogen) atoms. The molecule has 0 spiro atoms. The van der Waals surface area contributed by atoms with Crippen molar-refractivity contribution < 1.29 is 14.0 Å². The van der Waals surface area contributed by atoms with Crippen molar-refractivity contribution in [2.45, 2.75) is 13.3 Å². The molecular weight excluding hydrogens is 318 g/mol. The first kappa shape index (κ1) is 17.1. The molecule has 1 aromatic carbocycles. The predicted molar refractivity (Wildman–Crippen MR) is 91.3 cm³/mol. The summed E-state index contributed by atoms with van der Waals surface area (Å²) < 4.78 is 16.1. The van der Waals surface area contributed by atoms with Gasteiger partial charge in [0.15, 0.2) is 11.5 Å². The fourth-order valence-corrected chi connectivity index (χ4v) is 2.10. The van der Waals surface area contributed by atoms with Gasteiger partial charge in [-0.3, -0.25) is 0 Å². The molecule has 0 aliphatic rings. The minimum Gasteiger partial charge on any atom is -0.493 e. The molecule has 0 N–H and O–H groups in total. The third-order valence-electron chi connectivity index (χ3n) is 2.95. The van der Waals surface area contributed by atoms with E-state index in [-0.39, 0.29) is 0 Å². The number of hydrogen-bond acceptors (Lipinski definition) is 6. The van der Waals surface area contributed by atoms with Crippen LogP contribution in [0, 0.1) is 0 Å². The first-order valence-electron chi connectivity index (χ1n) is 7.24. The van der Waals surface area contributed by atoms with Crippen molar-refractivity contribution in [3.8, 4) is 11.5 Å². The number of halogens is 1. The topological polar surface area (TPSA) is 60.6 Å². The zero-order chi connectivity index (χ0) is 16.8. The zero-order valence-corrected chi connectivity index (χ0v) is 14.4. The van der Waals surface area contributed by atoms with E-state index in [0.717, 1.165) is 12.0 Å². The van der Waals surface area contributed by atoms with Gasteiger partial charge in [-0.25, -0.2) is 0 Å². The fraction of sp³-hybridized carbons (Fsp3) is 0.375. The summed E-state index contributed by atoms with van der Waals surface area (Å²) >= 11 is 6.28. The lowest BCUT2D eigenvalue weighted by Crippen LogP contribution is -2.09. The van der Waals surface area contributed by atoms with Crippen LogP contribution in [0.5, 0.6) is 11.5 Å². The van der Waals surface area contributed by atoms with Gasteiger partial charge in [0.25, 0.3) is 11.8 Å². The third kappa shape index (κ3) is 4.39. The maximum absolute atomic E-state index is 6.28. The van der Waals surface area contributed by atoms with Crippen LogP contribution in [0.4, 0.5) is 5.95 Å². The van der Waals surface area contributed by atoms with Gasteiger partial charge in [0.2, 0.25) is 0 Å². The van der Waals surface area contributed by atoms with E-state index >= 15 is 0 Å². The van der Waals surface area contributed by atoms with Gasteiger partial charge < -0.3 is 18.9 Å². The zero-order valence-electron chi connectivity index (χ0n) is 13.7. The lowest BCUT2D eigenvalue weighted by molar-refractivity contribution is 0.294. The van der Waals surface area contributed by atoms with Gasteiger partial charge in [0, 0.05) is 20.2 Å². The van der Waals surface area contributed by atoms with Crippen molar-refractivity contribution in [1.29, 1.82) is 0 Å². The van der Waals surface area contributed by atoms with Crippen LogP contribution in [-0.2, 0) is 0 Å². The van der Waals surface area contributed by atoms with E-state index in [0.29, 0.717) is 35.0 Å². The molecule has 0 amide bonds. The van der Waals surface area contributed by atoms with Crippen LogP contribution >= 0.6 is 11.6 Å². The van der Waals surface area contributed by atoms with Gasteiger partial charge in [0.05, 0.1) is 18.7 Å². The summed E-state index contributed by atoms with van der Waals surface area (Å²) in [6.45, 7) is 2.62. The lowest BCUT2D eigenvalue weighted by atomic mass is 10.2. The highest BCUT2D eigenvalue weighted by atomic mass is 35.5. The Hall–Kier alpha value is -2.21. The Morgan fingerprint density at radius 3 is 2.70 bits per heavy atom. The standard InChI is InChI=1S/C16H20ClN3O3/c1-5-8-22-15-12(17)9-11(10-13(15)21-4)6-7-14-18-16(19-23-14)20(2)3/h6-7,9-10H,5,8H2,1-4H3/b7-6+. The Morgan fingerprint density at radius 2 is 2.09 bits per heavy atom. The monoisotopic (exact) mass is 337 g/mol. The lowest BCUT2D eigenvalue weighted by Gasteiger charge is -2.12. The Labute approximate surface area is 140 Å². The second kappa shape index (κ2) is 7.87. The van der Waals surface area contributed by atoms with Crippen LogP contribution in [-0.4, -0.2) is 38.0 Å². The molecule has 0 saturated carbocycles. The maximum Gasteiger partial charge on any atom is 0.265 e. The molecule has 0 unspecified atom stereocenters. The van der Waals surface area contributed by atoms with Gasteiger partial charge >= 0.3 is 0 Å². The highest BCUT2D eigenvalue weighted by Gasteiger charge is 2.11. The number of anilines is 1. The Balaban J connectivity index is 2.22. The number of aromatic nitrogens is 2. The number of hydrogen-bond donors (Lipinski definition) is 0. The summed E-state index contributed by atoms with van der Waals surface area (Å²) in [5.41, 5.74) is 0.848. The minimum absolute atomic E-state index is 0.412. The molecule has 2 aromatic rings. The highest BCUT2D eigenvalue weighted by Crippen LogP contribution is 2.37. The summed E-state index contributed by atoms with van der Waals surface area (Å²) in [4.78, 5) is 5.98. The highest BCUT2D eigenvalue weighted by molar-refractivity contribution is 6.32. The van der Waals surface area contributed by atoms with Crippen LogP contribution in [0.25, 0.3) is 12.2 Å². The van der Waals surface area contributed by atoms with Crippen molar-refractivity contribution >= 4 is 29.7 Å². The predicted octanol–water partition coefficient (Wildman–Crippen LogP) is 3.76. The van der Waals surface area contributed by atoms with Crippen LogP contribution in [0.15, 0.2) is 16.7 Å². The van der Waals surface area contributed by atoms with Crippen LogP contribution in [0.3, 0.4) is 0 Å². The Kier molecular flexibility index (Phi) is 5.87. The van der Waals surface area contributed by atoms with E-state index in [1.807, 2.05) is 33.2 Å². The van der Waals surface area contributed by atoms with E-state index in [1.54, 1.807) is 24.2 Å². The number of nitrogens with zero attached hydrogens (tertiary/aromatic N) is 3. The first-order chi connectivity index (χ1) is 11.0. The molecule has 1 heterocycles. The molecule has 124 valence electrons. The van der Waals surface area contributed by atoms with Crippen molar-refractivity contribution in [2.75, 3.05) is 32.7 Å². The molecule has 0 fully saturated rings. The number of benzene rings is 1. The van der Waals surface area contributed by atoms with Gasteiger partial charge in [-0.1, -0.05) is 18.5 Å². The average Bonchev–Trinajstić information content (AvgIpc) is 3.00. The SMILES string of the molecule is CCCOc1c(Cl)cc(/C=C/c2nc(N(C)C)no2)cc1OC. The van der Waals surface area contributed by atoms with E-state index in [9.17, 15) is 0 Å². The van der Waals surface area contributed by atoms with Crippen molar-refractivity contribution in [2.24, 2.45) is 0 Å². The number of rotatable bonds is 7. The van der Waals surface area contributed by atoms with Crippen LogP contribution in [0.1, 0.15) is 24.8 Å². The molecular formula is C16H20ClN3O3. The number of methoxy groups -OCH3 is 1. The van der Waals surface area contributed by atoms with E-state index in [2.05, 4.69) is 10.1 Å².